The van der Waals surface area contributed by atoms with Crippen molar-refractivity contribution in [2.75, 3.05) is 6.61 Å². The highest BCUT2D eigenvalue weighted by Gasteiger charge is 2.28. The summed E-state index contributed by atoms with van der Waals surface area (Å²) >= 11 is 3.37. The van der Waals surface area contributed by atoms with Gasteiger partial charge in [0.1, 0.15) is 11.8 Å². The molecular formula is C22H27BrN2O3. The Hall–Kier alpha value is -2.34. The molecule has 2 aromatic rings. The first-order valence-corrected chi connectivity index (χ1v) is 9.99. The van der Waals surface area contributed by atoms with Gasteiger partial charge >= 0.3 is 0 Å². The van der Waals surface area contributed by atoms with Gasteiger partial charge in [0.25, 0.3) is 5.91 Å². The lowest BCUT2D eigenvalue weighted by molar-refractivity contribution is -0.142. The number of halogens is 1. The highest BCUT2D eigenvalue weighted by atomic mass is 79.9. The molecule has 0 radical (unpaired) electrons. The predicted molar refractivity (Wildman–Crippen MR) is 114 cm³/mol. The van der Waals surface area contributed by atoms with E-state index in [1.165, 1.54) is 0 Å². The second-order valence-electron chi connectivity index (χ2n) is 7.67. The lowest BCUT2D eigenvalue weighted by Gasteiger charge is -2.31. The van der Waals surface area contributed by atoms with Crippen LogP contribution < -0.4 is 10.1 Å². The number of nitrogens with one attached hydrogen (secondary N) is 1. The van der Waals surface area contributed by atoms with Gasteiger partial charge in [-0.1, -0.05) is 46.3 Å². The third-order valence-corrected chi connectivity index (χ3v) is 4.57. The van der Waals surface area contributed by atoms with Gasteiger partial charge in [0, 0.05) is 16.6 Å². The minimum Gasteiger partial charge on any atom is -0.484 e. The number of carbonyl (C=O) groups excluding carboxylic acids is 2. The van der Waals surface area contributed by atoms with Crippen LogP contribution in [0.25, 0.3) is 0 Å². The van der Waals surface area contributed by atoms with E-state index in [0.29, 0.717) is 12.3 Å². The van der Waals surface area contributed by atoms with Gasteiger partial charge in [0.2, 0.25) is 5.91 Å². The van der Waals surface area contributed by atoms with Crippen molar-refractivity contribution in [3.05, 3.63) is 64.6 Å². The maximum atomic E-state index is 12.9. The summed E-state index contributed by atoms with van der Waals surface area (Å²) in [6.07, 6.45) is 0. The molecule has 2 amide bonds. The minimum absolute atomic E-state index is 0.137. The first kappa shape index (κ1) is 22.0. The van der Waals surface area contributed by atoms with Gasteiger partial charge in [-0.15, -0.1) is 0 Å². The van der Waals surface area contributed by atoms with Crippen molar-refractivity contribution in [3.8, 4) is 5.75 Å². The van der Waals surface area contributed by atoms with E-state index in [2.05, 4.69) is 21.2 Å². The Morgan fingerprint density at radius 2 is 1.68 bits per heavy atom. The van der Waals surface area contributed by atoms with Crippen LogP contribution in [-0.4, -0.2) is 34.9 Å². The molecule has 0 bridgehead atoms. The second-order valence-corrected chi connectivity index (χ2v) is 8.58. The predicted octanol–water partition coefficient (Wildman–Crippen LogP) is 4.16. The van der Waals surface area contributed by atoms with Crippen molar-refractivity contribution in [1.29, 1.82) is 0 Å². The van der Waals surface area contributed by atoms with E-state index < -0.39 is 6.04 Å². The van der Waals surface area contributed by atoms with E-state index in [0.717, 1.165) is 10.0 Å². The van der Waals surface area contributed by atoms with Gasteiger partial charge in [-0.05, 0) is 57.5 Å². The molecular weight excluding hydrogens is 420 g/mol. The Balaban J connectivity index is 2.12. The first-order valence-electron chi connectivity index (χ1n) is 9.19. The molecule has 1 N–H and O–H groups in total. The number of hydrogen-bond donors (Lipinski definition) is 1. The average molecular weight is 447 g/mol. The number of amides is 2. The summed E-state index contributed by atoms with van der Waals surface area (Å²) in [5, 5.41) is 2.94. The fourth-order valence-electron chi connectivity index (χ4n) is 2.60. The van der Waals surface area contributed by atoms with E-state index in [4.69, 9.17) is 4.74 Å². The van der Waals surface area contributed by atoms with Gasteiger partial charge in [-0.3, -0.25) is 9.59 Å². The highest BCUT2D eigenvalue weighted by molar-refractivity contribution is 9.10. The molecule has 0 aliphatic heterocycles. The molecule has 0 unspecified atom stereocenters. The average Bonchev–Trinajstić information content (AvgIpc) is 2.64. The second kappa shape index (κ2) is 9.73. The molecule has 0 aromatic heterocycles. The van der Waals surface area contributed by atoms with Crippen LogP contribution >= 0.6 is 15.9 Å². The Morgan fingerprint density at radius 1 is 1.07 bits per heavy atom. The maximum Gasteiger partial charge on any atom is 0.261 e. The van der Waals surface area contributed by atoms with Gasteiger partial charge in [0.05, 0.1) is 0 Å². The molecule has 0 heterocycles. The van der Waals surface area contributed by atoms with Gasteiger partial charge in [0.15, 0.2) is 6.61 Å². The normalized spacial score (nSPS) is 12.2. The van der Waals surface area contributed by atoms with Crippen LogP contribution in [0.3, 0.4) is 0 Å². The van der Waals surface area contributed by atoms with Gasteiger partial charge in [-0.2, -0.15) is 0 Å². The quantitative estimate of drug-likeness (QED) is 0.694. The van der Waals surface area contributed by atoms with Crippen molar-refractivity contribution < 1.29 is 14.3 Å². The number of carbonyl (C=O) groups is 2. The van der Waals surface area contributed by atoms with Crippen molar-refractivity contribution in [3.63, 3.8) is 0 Å². The number of benzene rings is 2. The number of rotatable bonds is 7. The molecule has 0 fully saturated rings. The summed E-state index contributed by atoms with van der Waals surface area (Å²) < 4.78 is 6.56. The Kier molecular flexibility index (Phi) is 7.63. The molecule has 6 heteroatoms. The Morgan fingerprint density at radius 3 is 2.25 bits per heavy atom. The molecule has 2 rings (SSSR count). The largest absolute Gasteiger partial charge is 0.484 e. The summed E-state index contributed by atoms with van der Waals surface area (Å²) in [4.78, 5) is 27.1. The van der Waals surface area contributed by atoms with Gasteiger partial charge < -0.3 is 15.0 Å². The van der Waals surface area contributed by atoms with E-state index in [1.807, 2.05) is 63.2 Å². The third kappa shape index (κ3) is 7.00. The number of ether oxygens (including phenoxy) is 1. The van der Waals surface area contributed by atoms with E-state index in [9.17, 15) is 9.59 Å². The van der Waals surface area contributed by atoms with Crippen molar-refractivity contribution >= 4 is 27.7 Å². The summed E-state index contributed by atoms with van der Waals surface area (Å²) in [5.74, 6) is 0.159. The molecule has 0 saturated heterocycles. The standard InChI is InChI=1S/C22H27BrN2O3/c1-16(21(27)24-22(2,3)4)25(14-17-8-6-5-7-9-17)20(26)15-28-19-12-10-18(23)11-13-19/h5-13,16H,14-15H2,1-4H3,(H,24,27)/t16-/m0/s1. The topological polar surface area (TPSA) is 58.6 Å². The zero-order valence-electron chi connectivity index (χ0n) is 16.7. The van der Waals surface area contributed by atoms with Crippen LogP contribution in [0.2, 0.25) is 0 Å². The van der Waals surface area contributed by atoms with Crippen LogP contribution in [0, 0.1) is 0 Å². The van der Waals surface area contributed by atoms with Crippen LogP contribution in [0.4, 0.5) is 0 Å². The summed E-state index contributed by atoms with van der Waals surface area (Å²) in [7, 11) is 0. The fourth-order valence-corrected chi connectivity index (χ4v) is 2.86. The van der Waals surface area contributed by atoms with E-state index in [1.54, 1.807) is 24.0 Å². The minimum atomic E-state index is -0.625. The smallest absolute Gasteiger partial charge is 0.261 e. The van der Waals surface area contributed by atoms with Gasteiger partial charge in [-0.25, -0.2) is 0 Å². The SMILES string of the molecule is C[C@@H](C(=O)NC(C)(C)C)N(Cc1ccccc1)C(=O)COc1ccc(Br)cc1. The zero-order valence-corrected chi connectivity index (χ0v) is 18.3. The molecule has 0 aliphatic carbocycles. The molecule has 2 aromatic carbocycles. The van der Waals surface area contributed by atoms with Crippen molar-refractivity contribution in [1.82, 2.24) is 10.2 Å². The fraction of sp³-hybridized carbons (Fsp3) is 0.364. The van der Waals surface area contributed by atoms with Crippen LogP contribution in [0.15, 0.2) is 59.1 Å². The Bertz CT molecular complexity index is 786. The van der Waals surface area contributed by atoms with E-state index >= 15 is 0 Å². The first-order chi connectivity index (χ1) is 13.2. The zero-order chi connectivity index (χ0) is 20.7. The number of hydrogen-bond acceptors (Lipinski definition) is 3. The van der Waals surface area contributed by atoms with Crippen LogP contribution in [-0.2, 0) is 16.1 Å². The summed E-state index contributed by atoms with van der Waals surface area (Å²) in [6.45, 7) is 7.68. The van der Waals surface area contributed by atoms with Crippen LogP contribution in [0.1, 0.15) is 33.3 Å². The molecule has 0 spiro atoms. The third-order valence-electron chi connectivity index (χ3n) is 4.04. The monoisotopic (exact) mass is 446 g/mol. The Labute approximate surface area is 175 Å². The molecule has 150 valence electrons. The number of nitrogens with zero attached hydrogens (tertiary/aromatic N) is 1. The molecule has 1 atom stereocenters. The molecule has 28 heavy (non-hydrogen) atoms. The molecule has 5 nitrogen and oxygen atoms in total. The summed E-state index contributed by atoms with van der Waals surface area (Å²) in [6, 6.07) is 16.3. The maximum absolute atomic E-state index is 12.9. The van der Waals surface area contributed by atoms with E-state index in [-0.39, 0.29) is 24.0 Å². The lowest BCUT2D eigenvalue weighted by atomic mass is 10.1. The highest BCUT2D eigenvalue weighted by Crippen LogP contribution is 2.17. The van der Waals surface area contributed by atoms with Crippen LogP contribution in [0.5, 0.6) is 5.75 Å². The van der Waals surface area contributed by atoms with Crippen molar-refractivity contribution in [2.45, 2.75) is 45.8 Å². The molecule has 0 aliphatic rings. The molecule has 0 saturated carbocycles. The van der Waals surface area contributed by atoms with Crippen molar-refractivity contribution in [2.24, 2.45) is 0 Å². The summed E-state index contributed by atoms with van der Waals surface area (Å²) in [5.41, 5.74) is 0.579. The lowest BCUT2D eigenvalue weighted by Crippen LogP contribution is -2.53.